The van der Waals surface area contributed by atoms with Crippen LogP contribution in [0.4, 0.5) is 5.13 Å². The van der Waals surface area contributed by atoms with E-state index in [4.69, 9.17) is 14.5 Å². The summed E-state index contributed by atoms with van der Waals surface area (Å²) in [6.45, 7) is 5.35. The summed E-state index contributed by atoms with van der Waals surface area (Å²) >= 11 is 5.31. The Kier molecular flexibility index (Phi) is 4.23. The minimum absolute atomic E-state index is 0.330. The molecule has 1 saturated heterocycles. The first-order valence-corrected chi connectivity index (χ1v) is 10.3. The van der Waals surface area contributed by atoms with E-state index in [0.717, 1.165) is 59.3 Å². The predicted octanol–water partition coefficient (Wildman–Crippen LogP) is 4.11. The van der Waals surface area contributed by atoms with Crippen molar-refractivity contribution in [1.29, 1.82) is 0 Å². The Bertz CT molecular complexity index is 953. The van der Waals surface area contributed by atoms with Crippen LogP contribution in [0, 0.1) is 0 Å². The Morgan fingerprint density at radius 1 is 1.00 bits per heavy atom. The maximum absolute atomic E-state index is 5.48. The van der Waals surface area contributed by atoms with Gasteiger partial charge < -0.3 is 14.4 Å². The van der Waals surface area contributed by atoms with Gasteiger partial charge in [-0.25, -0.2) is 4.98 Å². The first kappa shape index (κ1) is 16.4. The Morgan fingerprint density at radius 3 is 2.73 bits per heavy atom. The van der Waals surface area contributed by atoms with Gasteiger partial charge in [0.05, 0.1) is 10.2 Å². The van der Waals surface area contributed by atoms with E-state index < -0.39 is 0 Å². The summed E-state index contributed by atoms with van der Waals surface area (Å²) in [5.74, 6) is 1.71. The number of rotatable bonds is 3. The van der Waals surface area contributed by atoms with Crippen molar-refractivity contribution < 1.29 is 9.47 Å². The standard InChI is InChI=1S/C19H18BrN3O2S/c20-14-2-3-15-18(10-14)26-19(21-15)23-7-5-22(6-8-23)11-13-1-4-16-17(9-13)25-12-24-16/h1-4,9-10H,5-8,11-12H2. The normalized spacial score (nSPS) is 17.2. The number of anilines is 1. The van der Waals surface area contributed by atoms with Crippen molar-refractivity contribution in [3.63, 3.8) is 0 Å². The highest BCUT2D eigenvalue weighted by atomic mass is 79.9. The highest BCUT2D eigenvalue weighted by molar-refractivity contribution is 9.10. The molecule has 2 aliphatic rings. The van der Waals surface area contributed by atoms with Crippen LogP contribution < -0.4 is 14.4 Å². The first-order chi connectivity index (χ1) is 12.7. The lowest BCUT2D eigenvalue weighted by Gasteiger charge is -2.34. The van der Waals surface area contributed by atoms with E-state index in [1.165, 1.54) is 10.3 Å². The summed E-state index contributed by atoms with van der Waals surface area (Å²) in [6, 6.07) is 12.5. The number of benzene rings is 2. The lowest BCUT2D eigenvalue weighted by atomic mass is 10.1. The molecule has 5 nitrogen and oxygen atoms in total. The van der Waals surface area contributed by atoms with Crippen LogP contribution in [-0.4, -0.2) is 42.9 Å². The smallest absolute Gasteiger partial charge is 0.231 e. The summed E-state index contributed by atoms with van der Waals surface area (Å²) in [5, 5.41) is 1.13. The number of piperazine rings is 1. The molecule has 0 unspecified atom stereocenters. The Morgan fingerprint density at radius 2 is 1.85 bits per heavy atom. The zero-order valence-electron chi connectivity index (χ0n) is 14.2. The van der Waals surface area contributed by atoms with Gasteiger partial charge in [-0.05, 0) is 35.9 Å². The molecular formula is C19H18BrN3O2S. The molecule has 0 N–H and O–H groups in total. The molecule has 0 aliphatic carbocycles. The minimum Gasteiger partial charge on any atom is -0.454 e. The molecule has 0 radical (unpaired) electrons. The molecule has 0 spiro atoms. The molecular weight excluding hydrogens is 414 g/mol. The fourth-order valence-corrected chi connectivity index (χ4v) is 4.99. The van der Waals surface area contributed by atoms with E-state index in [0.29, 0.717) is 6.79 Å². The van der Waals surface area contributed by atoms with Gasteiger partial charge in [-0.3, -0.25) is 4.90 Å². The van der Waals surface area contributed by atoms with Crippen LogP contribution >= 0.6 is 27.3 Å². The van der Waals surface area contributed by atoms with Crippen LogP contribution in [0.5, 0.6) is 11.5 Å². The average Bonchev–Trinajstić information content (AvgIpc) is 3.28. The van der Waals surface area contributed by atoms with Crippen LogP contribution in [0.25, 0.3) is 10.2 Å². The zero-order chi connectivity index (χ0) is 17.5. The second-order valence-corrected chi connectivity index (χ2v) is 8.48. The van der Waals surface area contributed by atoms with Gasteiger partial charge in [0.25, 0.3) is 0 Å². The van der Waals surface area contributed by atoms with Gasteiger partial charge in [0.1, 0.15) is 0 Å². The largest absolute Gasteiger partial charge is 0.454 e. The van der Waals surface area contributed by atoms with Gasteiger partial charge in [-0.2, -0.15) is 0 Å². The lowest BCUT2D eigenvalue weighted by Crippen LogP contribution is -2.45. The zero-order valence-corrected chi connectivity index (χ0v) is 16.6. The van der Waals surface area contributed by atoms with E-state index in [1.807, 2.05) is 6.07 Å². The van der Waals surface area contributed by atoms with Gasteiger partial charge in [-0.1, -0.05) is 33.3 Å². The number of ether oxygens (including phenoxy) is 2. The molecule has 7 heteroatoms. The van der Waals surface area contributed by atoms with E-state index in [1.54, 1.807) is 11.3 Å². The van der Waals surface area contributed by atoms with Gasteiger partial charge >= 0.3 is 0 Å². The van der Waals surface area contributed by atoms with Crippen molar-refractivity contribution in [2.45, 2.75) is 6.54 Å². The summed E-state index contributed by atoms with van der Waals surface area (Å²) in [6.07, 6.45) is 0. The maximum atomic E-state index is 5.48. The number of nitrogens with zero attached hydrogens (tertiary/aromatic N) is 3. The van der Waals surface area contributed by atoms with Crippen molar-refractivity contribution >= 4 is 42.6 Å². The predicted molar refractivity (Wildman–Crippen MR) is 107 cm³/mol. The molecule has 0 atom stereocenters. The number of halogens is 1. The van der Waals surface area contributed by atoms with E-state index >= 15 is 0 Å². The summed E-state index contributed by atoms with van der Waals surface area (Å²) < 4.78 is 13.2. The third kappa shape index (κ3) is 3.15. The Hall–Kier alpha value is -1.83. The van der Waals surface area contributed by atoms with Crippen molar-refractivity contribution in [2.75, 3.05) is 37.9 Å². The SMILES string of the molecule is Brc1ccc2nc(N3CCN(Cc4ccc5c(c4)OCO5)CC3)sc2c1. The van der Waals surface area contributed by atoms with Crippen LogP contribution in [0.1, 0.15) is 5.56 Å². The minimum atomic E-state index is 0.330. The number of hydrogen-bond donors (Lipinski definition) is 0. The highest BCUT2D eigenvalue weighted by Crippen LogP contribution is 2.33. The molecule has 2 aromatic carbocycles. The third-order valence-corrected chi connectivity index (χ3v) is 6.40. The third-order valence-electron chi connectivity index (χ3n) is 4.83. The van der Waals surface area contributed by atoms with Gasteiger partial charge in [0.15, 0.2) is 16.6 Å². The van der Waals surface area contributed by atoms with E-state index in [2.05, 4.69) is 56.1 Å². The molecule has 134 valence electrons. The number of fused-ring (bicyclic) bond motifs is 2. The molecule has 2 aliphatic heterocycles. The number of aromatic nitrogens is 1. The number of hydrogen-bond acceptors (Lipinski definition) is 6. The summed E-state index contributed by atoms with van der Waals surface area (Å²) in [5.41, 5.74) is 2.35. The van der Waals surface area contributed by atoms with Crippen molar-refractivity contribution in [2.24, 2.45) is 0 Å². The Balaban J connectivity index is 1.24. The van der Waals surface area contributed by atoms with Crippen LogP contribution in [0.2, 0.25) is 0 Å². The molecule has 1 aromatic heterocycles. The Labute approximate surface area is 164 Å². The van der Waals surface area contributed by atoms with Gasteiger partial charge in [0.2, 0.25) is 6.79 Å². The van der Waals surface area contributed by atoms with Crippen molar-refractivity contribution in [1.82, 2.24) is 9.88 Å². The molecule has 1 fully saturated rings. The van der Waals surface area contributed by atoms with Crippen LogP contribution in [-0.2, 0) is 6.54 Å². The molecule has 5 rings (SSSR count). The lowest BCUT2D eigenvalue weighted by molar-refractivity contribution is 0.174. The number of thiazole rings is 1. The maximum Gasteiger partial charge on any atom is 0.231 e. The molecule has 3 heterocycles. The quantitative estimate of drug-likeness (QED) is 0.623. The molecule has 3 aromatic rings. The molecule has 26 heavy (non-hydrogen) atoms. The average molecular weight is 432 g/mol. The van der Waals surface area contributed by atoms with E-state index in [9.17, 15) is 0 Å². The fourth-order valence-electron chi connectivity index (χ4n) is 3.42. The molecule has 0 saturated carbocycles. The monoisotopic (exact) mass is 431 g/mol. The summed E-state index contributed by atoms with van der Waals surface area (Å²) in [7, 11) is 0. The summed E-state index contributed by atoms with van der Waals surface area (Å²) in [4.78, 5) is 9.68. The van der Waals surface area contributed by atoms with Crippen molar-refractivity contribution in [3.05, 3.63) is 46.4 Å². The topological polar surface area (TPSA) is 37.8 Å². The van der Waals surface area contributed by atoms with Crippen LogP contribution in [0.3, 0.4) is 0 Å². The molecule has 0 amide bonds. The van der Waals surface area contributed by atoms with Crippen molar-refractivity contribution in [3.8, 4) is 11.5 Å². The highest BCUT2D eigenvalue weighted by Gasteiger charge is 2.21. The van der Waals surface area contributed by atoms with E-state index in [-0.39, 0.29) is 0 Å². The molecule has 0 bridgehead atoms. The van der Waals surface area contributed by atoms with Crippen LogP contribution in [0.15, 0.2) is 40.9 Å². The van der Waals surface area contributed by atoms with Gasteiger partial charge in [-0.15, -0.1) is 0 Å². The van der Waals surface area contributed by atoms with Gasteiger partial charge in [0, 0.05) is 37.2 Å². The first-order valence-electron chi connectivity index (χ1n) is 8.66. The second-order valence-electron chi connectivity index (χ2n) is 6.56. The second kappa shape index (κ2) is 6.72. The fraction of sp³-hybridized carbons (Fsp3) is 0.316.